The number of amides is 3. The molecule has 2 aromatic carbocycles. The van der Waals surface area contributed by atoms with Crippen LogP contribution in [-0.2, 0) is 4.79 Å². The maximum absolute atomic E-state index is 12.3. The first-order valence-corrected chi connectivity index (χ1v) is 8.64. The van der Waals surface area contributed by atoms with Crippen LogP contribution in [0.3, 0.4) is 0 Å². The smallest absolute Gasteiger partial charge is 0.325 e. The number of fused-ring (bicyclic) bond motifs is 1. The highest BCUT2D eigenvalue weighted by molar-refractivity contribution is 6.03. The molecular formula is C20H22N4O3. The van der Waals surface area contributed by atoms with Crippen LogP contribution >= 0.6 is 0 Å². The first kappa shape index (κ1) is 18.4. The number of imide groups is 1. The van der Waals surface area contributed by atoms with E-state index in [4.69, 9.17) is 4.42 Å². The Labute approximate surface area is 157 Å². The van der Waals surface area contributed by atoms with Crippen molar-refractivity contribution in [3.63, 3.8) is 0 Å². The molecule has 3 N–H and O–H groups in total. The molecule has 1 unspecified atom stereocenters. The van der Waals surface area contributed by atoms with E-state index in [1.54, 1.807) is 32.0 Å². The predicted octanol–water partition coefficient (Wildman–Crippen LogP) is 3.90. The number of urea groups is 1. The SMILES string of the molecule is Cc1ccc(NC(=O)NC(=O)C(C)Nc2ccc3oc(C)nc3c2)c(C)c1. The van der Waals surface area contributed by atoms with Crippen LogP contribution in [0.25, 0.3) is 11.1 Å². The Kier molecular flexibility index (Phi) is 5.12. The van der Waals surface area contributed by atoms with Gasteiger partial charge >= 0.3 is 6.03 Å². The minimum atomic E-state index is -0.611. The molecule has 0 aliphatic carbocycles. The maximum atomic E-state index is 12.3. The van der Waals surface area contributed by atoms with Gasteiger partial charge in [0.05, 0.1) is 0 Å². The number of nitrogens with one attached hydrogen (secondary N) is 3. The molecule has 7 nitrogen and oxygen atoms in total. The van der Waals surface area contributed by atoms with Crippen LogP contribution in [0.5, 0.6) is 0 Å². The summed E-state index contributed by atoms with van der Waals surface area (Å²) in [5.74, 6) is 0.143. The minimum Gasteiger partial charge on any atom is -0.441 e. The molecule has 0 bridgehead atoms. The molecule has 0 fully saturated rings. The van der Waals surface area contributed by atoms with Crippen LogP contribution in [0.1, 0.15) is 23.9 Å². The zero-order valence-corrected chi connectivity index (χ0v) is 15.7. The van der Waals surface area contributed by atoms with Gasteiger partial charge in [-0.3, -0.25) is 10.1 Å². The Bertz CT molecular complexity index is 1010. The molecule has 3 amide bonds. The lowest BCUT2D eigenvalue weighted by Gasteiger charge is -2.15. The lowest BCUT2D eigenvalue weighted by molar-refractivity contribution is -0.120. The fraction of sp³-hybridized carbons (Fsp3) is 0.250. The Morgan fingerprint density at radius 3 is 2.59 bits per heavy atom. The number of aromatic nitrogens is 1. The minimum absolute atomic E-state index is 0.436. The van der Waals surface area contributed by atoms with Gasteiger partial charge in [-0.25, -0.2) is 9.78 Å². The molecule has 0 spiro atoms. The Morgan fingerprint density at radius 2 is 1.85 bits per heavy atom. The second-order valence-electron chi connectivity index (χ2n) is 6.54. The number of anilines is 2. The van der Waals surface area contributed by atoms with Crippen LogP contribution < -0.4 is 16.0 Å². The molecule has 0 aliphatic rings. The highest BCUT2D eigenvalue weighted by Crippen LogP contribution is 2.20. The van der Waals surface area contributed by atoms with E-state index < -0.39 is 18.0 Å². The van der Waals surface area contributed by atoms with Gasteiger partial charge in [0.1, 0.15) is 11.6 Å². The van der Waals surface area contributed by atoms with Gasteiger partial charge in [0.25, 0.3) is 0 Å². The van der Waals surface area contributed by atoms with Crippen LogP contribution in [0.2, 0.25) is 0 Å². The monoisotopic (exact) mass is 366 g/mol. The van der Waals surface area contributed by atoms with Crippen molar-refractivity contribution < 1.29 is 14.0 Å². The van der Waals surface area contributed by atoms with Crippen LogP contribution in [0, 0.1) is 20.8 Å². The van der Waals surface area contributed by atoms with Gasteiger partial charge in [0, 0.05) is 18.3 Å². The summed E-state index contributed by atoms with van der Waals surface area (Å²) in [6.45, 7) is 7.33. The Morgan fingerprint density at radius 1 is 1.07 bits per heavy atom. The van der Waals surface area contributed by atoms with E-state index in [9.17, 15) is 9.59 Å². The summed E-state index contributed by atoms with van der Waals surface area (Å²) < 4.78 is 5.43. The number of hydrogen-bond acceptors (Lipinski definition) is 5. The summed E-state index contributed by atoms with van der Waals surface area (Å²) in [7, 11) is 0. The summed E-state index contributed by atoms with van der Waals surface area (Å²) in [6.07, 6.45) is 0. The Balaban J connectivity index is 1.59. The number of carbonyl (C=O) groups is 2. The third-order valence-corrected chi connectivity index (χ3v) is 4.14. The molecule has 7 heteroatoms. The van der Waals surface area contributed by atoms with Gasteiger partial charge < -0.3 is 15.1 Å². The van der Waals surface area contributed by atoms with Gasteiger partial charge in [0.2, 0.25) is 5.91 Å². The van der Waals surface area contributed by atoms with Gasteiger partial charge in [-0.15, -0.1) is 0 Å². The lowest BCUT2D eigenvalue weighted by atomic mass is 10.1. The van der Waals surface area contributed by atoms with Crippen molar-refractivity contribution >= 4 is 34.4 Å². The molecule has 3 aromatic rings. The fourth-order valence-electron chi connectivity index (χ4n) is 2.78. The van der Waals surface area contributed by atoms with Gasteiger partial charge in [-0.1, -0.05) is 17.7 Å². The molecule has 1 aromatic heterocycles. The zero-order valence-electron chi connectivity index (χ0n) is 15.7. The second-order valence-corrected chi connectivity index (χ2v) is 6.54. The summed E-state index contributed by atoms with van der Waals surface area (Å²) >= 11 is 0. The molecule has 27 heavy (non-hydrogen) atoms. The molecule has 140 valence electrons. The Hall–Kier alpha value is -3.35. The first-order chi connectivity index (χ1) is 12.8. The molecule has 0 saturated heterocycles. The lowest BCUT2D eigenvalue weighted by Crippen LogP contribution is -2.43. The summed E-state index contributed by atoms with van der Waals surface area (Å²) in [5, 5.41) is 8.10. The second kappa shape index (κ2) is 7.49. The number of carbonyl (C=O) groups excluding carboxylic acids is 2. The quantitative estimate of drug-likeness (QED) is 0.651. The van der Waals surface area contributed by atoms with Crippen molar-refractivity contribution in [1.82, 2.24) is 10.3 Å². The first-order valence-electron chi connectivity index (χ1n) is 8.64. The van der Waals surface area contributed by atoms with E-state index in [0.29, 0.717) is 28.4 Å². The summed E-state index contributed by atoms with van der Waals surface area (Å²) in [4.78, 5) is 28.7. The van der Waals surface area contributed by atoms with E-state index >= 15 is 0 Å². The third kappa shape index (κ3) is 4.44. The predicted molar refractivity (Wildman–Crippen MR) is 105 cm³/mol. The van der Waals surface area contributed by atoms with E-state index in [2.05, 4.69) is 20.9 Å². The topological polar surface area (TPSA) is 96.3 Å². The highest BCUT2D eigenvalue weighted by Gasteiger charge is 2.16. The van der Waals surface area contributed by atoms with Crippen LogP contribution in [-0.4, -0.2) is 23.0 Å². The average molecular weight is 366 g/mol. The van der Waals surface area contributed by atoms with Crippen molar-refractivity contribution in [2.75, 3.05) is 10.6 Å². The van der Waals surface area contributed by atoms with E-state index in [-0.39, 0.29) is 0 Å². The largest absolute Gasteiger partial charge is 0.441 e. The van der Waals surface area contributed by atoms with E-state index in [0.717, 1.165) is 11.1 Å². The number of aryl methyl sites for hydroxylation is 3. The molecule has 1 atom stereocenters. The van der Waals surface area contributed by atoms with Crippen LogP contribution in [0.15, 0.2) is 40.8 Å². The molecule has 3 rings (SSSR count). The van der Waals surface area contributed by atoms with Gasteiger partial charge in [-0.05, 0) is 50.6 Å². The number of benzene rings is 2. The van der Waals surface area contributed by atoms with E-state index in [1.807, 2.05) is 32.0 Å². The summed E-state index contributed by atoms with van der Waals surface area (Å²) in [5.41, 5.74) is 4.80. The van der Waals surface area contributed by atoms with Crippen molar-refractivity contribution in [1.29, 1.82) is 0 Å². The molecule has 0 radical (unpaired) electrons. The third-order valence-electron chi connectivity index (χ3n) is 4.14. The van der Waals surface area contributed by atoms with Gasteiger partial charge in [-0.2, -0.15) is 0 Å². The fourth-order valence-corrected chi connectivity index (χ4v) is 2.78. The van der Waals surface area contributed by atoms with Crippen molar-refractivity contribution in [2.24, 2.45) is 0 Å². The molecule has 1 heterocycles. The maximum Gasteiger partial charge on any atom is 0.325 e. The van der Waals surface area contributed by atoms with Crippen molar-refractivity contribution in [3.05, 3.63) is 53.4 Å². The van der Waals surface area contributed by atoms with Crippen molar-refractivity contribution in [2.45, 2.75) is 33.7 Å². The molecular weight excluding hydrogens is 344 g/mol. The molecule has 0 aliphatic heterocycles. The standard InChI is InChI=1S/C20H22N4O3/c1-11-5-7-16(12(2)9-11)23-20(26)24-19(25)13(3)21-15-6-8-18-17(10-15)22-14(4)27-18/h5-10,13,21H,1-4H3,(H2,23,24,25,26). The summed E-state index contributed by atoms with van der Waals surface area (Å²) in [6, 6.07) is 9.88. The van der Waals surface area contributed by atoms with Crippen LogP contribution in [0.4, 0.5) is 16.2 Å². The number of rotatable bonds is 4. The number of hydrogen-bond donors (Lipinski definition) is 3. The number of nitrogens with zero attached hydrogens (tertiary/aromatic N) is 1. The highest BCUT2D eigenvalue weighted by atomic mass is 16.3. The number of oxazole rings is 1. The van der Waals surface area contributed by atoms with E-state index in [1.165, 1.54) is 0 Å². The average Bonchev–Trinajstić information content (AvgIpc) is 2.96. The normalized spacial score (nSPS) is 11.9. The molecule has 0 saturated carbocycles. The van der Waals surface area contributed by atoms with Gasteiger partial charge in [0.15, 0.2) is 11.5 Å². The van der Waals surface area contributed by atoms with Crippen molar-refractivity contribution in [3.8, 4) is 0 Å². The zero-order chi connectivity index (χ0) is 19.6.